The first-order valence-electron chi connectivity index (χ1n) is 5.92. The highest BCUT2D eigenvalue weighted by atomic mass is 16.4. The number of hydrogen-bond acceptors (Lipinski definition) is 3. The number of carboxylic acids is 1. The molecule has 2 rings (SSSR count). The van der Waals surface area contributed by atoms with E-state index in [2.05, 4.69) is 0 Å². The summed E-state index contributed by atoms with van der Waals surface area (Å²) >= 11 is 0. The topological polar surface area (TPSA) is 74.6 Å². The van der Waals surface area contributed by atoms with Gasteiger partial charge in [-0.1, -0.05) is 54.6 Å². The van der Waals surface area contributed by atoms with Crippen molar-refractivity contribution in [3.63, 3.8) is 0 Å². The fourth-order valence-corrected chi connectivity index (χ4v) is 1.78. The van der Waals surface area contributed by atoms with Gasteiger partial charge in [-0.25, -0.2) is 4.79 Å². The molecule has 0 heterocycles. The zero-order valence-electron chi connectivity index (χ0n) is 10.5. The lowest BCUT2D eigenvalue weighted by Crippen LogP contribution is -2.04. The predicted octanol–water partition coefficient (Wildman–Crippen LogP) is 2.62. The third kappa shape index (κ3) is 2.92. The summed E-state index contributed by atoms with van der Waals surface area (Å²) in [5.74, 6) is -2.10. The Morgan fingerprint density at radius 3 is 2.30 bits per heavy atom. The largest absolute Gasteiger partial charge is 0.504 e. The summed E-state index contributed by atoms with van der Waals surface area (Å²) < 4.78 is 0. The third-order valence-corrected chi connectivity index (χ3v) is 2.75. The number of rotatable bonds is 3. The molecule has 0 radical (unpaired) electrons. The van der Waals surface area contributed by atoms with Gasteiger partial charge in [-0.3, -0.25) is 4.79 Å². The van der Waals surface area contributed by atoms with E-state index >= 15 is 0 Å². The van der Waals surface area contributed by atoms with Crippen LogP contribution in [0.3, 0.4) is 0 Å². The lowest BCUT2D eigenvalue weighted by Gasteiger charge is -1.99. The highest BCUT2D eigenvalue weighted by molar-refractivity contribution is 5.96. The first-order valence-corrected chi connectivity index (χ1v) is 5.92. The zero-order valence-corrected chi connectivity index (χ0v) is 10.5. The molecule has 0 aliphatic heterocycles. The van der Waals surface area contributed by atoms with Crippen molar-refractivity contribution in [1.82, 2.24) is 0 Å². The van der Waals surface area contributed by atoms with Crippen LogP contribution < -0.4 is 5.43 Å². The minimum atomic E-state index is -1.34. The molecule has 4 heteroatoms. The molecule has 2 N–H and O–H groups in total. The highest BCUT2D eigenvalue weighted by Gasteiger charge is 2.14. The summed E-state index contributed by atoms with van der Waals surface area (Å²) in [6, 6.07) is 13.3. The van der Waals surface area contributed by atoms with Crippen molar-refractivity contribution < 1.29 is 15.0 Å². The first-order chi connectivity index (χ1) is 9.59. The smallest absolute Gasteiger partial charge is 0.340 e. The first kappa shape index (κ1) is 13.5. The molecule has 2 aromatic carbocycles. The van der Waals surface area contributed by atoms with Gasteiger partial charge in [0.05, 0.1) is 0 Å². The summed E-state index contributed by atoms with van der Waals surface area (Å²) in [6.07, 6.45) is 3.27. The number of aromatic hydroxyl groups is 1. The molecule has 20 heavy (non-hydrogen) atoms. The average Bonchev–Trinajstić information content (AvgIpc) is 2.57. The van der Waals surface area contributed by atoms with Gasteiger partial charge in [-0.15, -0.1) is 0 Å². The maximum atomic E-state index is 11.4. The summed E-state index contributed by atoms with van der Waals surface area (Å²) in [7, 11) is 0. The van der Waals surface area contributed by atoms with E-state index in [4.69, 9.17) is 5.11 Å². The highest BCUT2D eigenvalue weighted by Crippen LogP contribution is 2.18. The van der Waals surface area contributed by atoms with Crippen LogP contribution in [0, 0.1) is 0 Å². The van der Waals surface area contributed by atoms with Crippen molar-refractivity contribution in [1.29, 1.82) is 0 Å². The van der Waals surface area contributed by atoms with Crippen molar-refractivity contribution >= 4 is 18.1 Å². The maximum absolute atomic E-state index is 11.4. The Hall–Kier alpha value is -2.88. The number of carboxylic acid groups (broad SMARTS) is 1. The maximum Gasteiger partial charge on any atom is 0.340 e. The van der Waals surface area contributed by atoms with E-state index in [0.717, 1.165) is 11.6 Å². The molecule has 4 nitrogen and oxygen atoms in total. The second kappa shape index (κ2) is 5.84. The normalized spacial score (nSPS) is 10.6. The average molecular weight is 268 g/mol. The molecule has 0 spiro atoms. The van der Waals surface area contributed by atoms with Crippen LogP contribution in [0.5, 0.6) is 5.75 Å². The number of carbonyl (C=O) groups is 1. The van der Waals surface area contributed by atoms with Gasteiger partial charge in [-0.2, -0.15) is 0 Å². The molecule has 0 saturated heterocycles. The lowest BCUT2D eigenvalue weighted by molar-refractivity contribution is 0.0693. The van der Waals surface area contributed by atoms with E-state index < -0.39 is 22.7 Å². The summed E-state index contributed by atoms with van der Waals surface area (Å²) in [5, 5.41) is 18.8. The van der Waals surface area contributed by atoms with Crippen molar-refractivity contribution in [2.24, 2.45) is 0 Å². The van der Waals surface area contributed by atoms with Gasteiger partial charge < -0.3 is 10.2 Å². The molecule has 0 aromatic heterocycles. The van der Waals surface area contributed by atoms with E-state index in [-0.39, 0.29) is 5.56 Å². The monoisotopic (exact) mass is 268 g/mol. The summed E-state index contributed by atoms with van der Waals surface area (Å²) in [5.41, 5.74) is 0.0343. The van der Waals surface area contributed by atoms with E-state index in [1.165, 1.54) is 12.1 Å². The quantitative estimate of drug-likeness (QED) is 0.897. The van der Waals surface area contributed by atoms with Gasteiger partial charge in [0.2, 0.25) is 5.43 Å². The summed E-state index contributed by atoms with van der Waals surface area (Å²) in [6.45, 7) is 0. The lowest BCUT2D eigenvalue weighted by atomic mass is 10.1. The zero-order chi connectivity index (χ0) is 14.5. The van der Waals surface area contributed by atoms with Crippen molar-refractivity contribution in [2.45, 2.75) is 0 Å². The van der Waals surface area contributed by atoms with Gasteiger partial charge in [0.1, 0.15) is 5.56 Å². The van der Waals surface area contributed by atoms with Crippen molar-refractivity contribution in [2.75, 3.05) is 0 Å². The third-order valence-electron chi connectivity index (χ3n) is 2.75. The molecule has 0 amide bonds. The van der Waals surface area contributed by atoms with Crippen LogP contribution in [-0.4, -0.2) is 16.2 Å². The van der Waals surface area contributed by atoms with Crippen LogP contribution in [0.15, 0.2) is 53.3 Å². The Labute approximate surface area is 115 Å². The Balaban J connectivity index is 2.56. The molecule has 0 saturated carbocycles. The van der Waals surface area contributed by atoms with Crippen molar-refractivity contribution in [3.8, 4) is 5.75 Å². The minimum Gasteiger partial charge on any atom is -0.504 e. The minimum absolute atomic E-state index is 0.265. The Morgan fingerprint density at radius 2 is 1.65 bits per heavy atom. The van der Waals surface area contributed by atoms with Gasteiger partial charge in [0.15, 0.2) is 5.75 Å². The fraction of sp³-hybridized carbons (Fsp3) is 0. The molecule has 0 fully saturated rings. The number of hydrogen-bond donors (Lipinski definition) is 2. The molecule has 2 aromatic rings. The van der Waals surface area contributed by atoms with E-state index in [1.807, 2.05) is 30.3 Å². The second-order valence-corrected chi connectivity index (χ2v) is 4.12. The number of benzene rings is 1. The van der Waals surface area contributed by atoms with Crippen LogP contribution >= 0.6 is 0 Å². The van der Waals surface area contributed by atoms with Gasteiger partial charge in [-0.05, 0) is 17.2 Å². The summed E-state index contributed by atoms with van der Waals surface area (Å²) in [4.78, 5) is 22.6. The molecule has 0 unspecified atom stereocenters. The number of aromatic carboxylic acids is 1. The molecule has 0 atom stereocenters. The molecular weight excluding hydrogens is 256 g/mol. The van der Waals surface area contributed by atoms with E-state index in [0.29, 0.717) is 0 Å². The van der Waals surface area contributed by atoms with E-state index in [9.17, 15) is 14.7 Å². The Bertz CT molecular complexity index is 718. The van der Waals surface area contributed by atoms with Crippen LogP contribution in [-0.2, 0) is 0 Å². The second-order valence-electron chi connectivity index (χ2n) is 4.12. The predicted molar refractivity (Wildman–Crippen MR) is 76.7 cm³/mol. The molecule has 0 aliphatic carbocycles. The van der Waals surface area contributed by atoms with Gasteiger partial charge in [0, 0.05) is 0 Å². The molecule has 0 bridgehead atoms. The standard InChI is InChI=1S/C16H12O4/c17-13-8-4-7-12(14(15(13)18)16(19)20)10-9-11-5-2-1-3-6-11/h1-10H,(H,17,18)(H,19,20)/b10-9+. The van der Waals surface area contributed by atoms with Crippen molar-refractivity contribution in [3.05, 3.63) is 75.4 Å². The Kier molecular flexibility index (Phi) is 3.96. The van der Waals surface area contributed by atoms with Gasteiger partial charge in [0.25, 0.3) is 0 Å². The van der Waals surface area contributed by atoms with Crippen LogP contribution in [0.4, 0.5) is 0 Å². The fourth-order valence-electron chi connectivity index (χ4n) is 1.78. The van der Waals surface area contributed by atoms with Crippen LogP contribution in [0.2, 0.25) is 0 Å². The van der Waals surface area contributed by atoms with Gasteiger partial charge >= 0.3 is 5.97 Å². The molecule has 100 valence electrons. The Morgan fingerprint density at radius 1 is 0.950 bits per heavy atom. The SMILES string of the molecule is O=C(O)c1c(/C=C/c2ccccc2)cccc(=O)c1O. The van der Waals surface area contributed by atoms with Crippen LogP contribution in [0.25, 0.3) is 12.2 Å². The molecule has 0 aliphatic rings. The molecular formula is C16H12O4. The van der Waals surface area contributed by atoms with Crippen LogP contribution in [0.1, 0.15) is 21.5 Å². The van der Waals surface area contributed by atoms with E-state index in [1.54, 1.807) is 12.2 Å².